The van der Waals surface area contributed by atoms with Crippen LogP contribution in [0.4, 0.5) is 0 Å². The molecule has 3 nitrogen and oxygen atoms in total. The highest BCUT2D eigenvalue weighted by Gasteiger charge is 2.31. The Morgan fingerprint density at radius 2 is 2.42 bits per heavy atom. The number of allylic oxidation sites excluding steroid dienone is 2. The van der Waals surface area contributed by atoms with Crippen molar-refractivity contribution in [2.75, 3.05) is 7.11 Å². The minimum absolute atomic E-state index is 0.0846. The first-order valence-electron chi connectivity index (χ1n) is 3.85. The summed E-state index contributed by atoms with van der Waals surface area (Å²) in [5, 5.41) is 0. The van der Waals surface area contributed by atoms with Crippen molar-refractivity contribution in [3.63, 3.8) is 0 Å². The zero-order valence-corrected chi connectivity index (χ0v) is 7.29. The van der Waals surface area contributed by atoms with E-state index in [4.69, 9.17) is 0 Å². The Bertz CT molecular complexity index is 242. The van der Waals surface area contributed by atoms with Gasteiger partial charge in [0.25, 0.3) is 0 Å². The van der Waals surface area contributed by atoms with Crippen LogP contribution in [0.3, 0.4) is 0 Å². The SMILES string of the molecule is COC(=O)CC1(C)C=CC(=O)C1. The van der Waals surface area contributed by atoms with Gasteiger partial charge in [-0.15, -0.1) is 0 Å². The molecule has 0 bridgehead atoms. The highest BCUT2D eigenvalue weighted by atomic mass is 16.5. The Labute approximate surface area is 71.4 Å². The van der Waals surface area contributed by atoms with Crippen LogP contribution in [0.1, 0.15) is 19.8 Å². The van der Waals surface area contributed by atoms with Gasteiger partial charge in [-0.05, 0) is 6.08 Å². The van der Waals surface area contributed by atoms with E-state index in [1.807, 2.05) is 6.92 Å². The van der Waals surface area contributed by atoms with Crippen LogP contribution in [0.25, 0.3) is 0 Å². The van der Waals surface area contributed by atoms with E-state index in [1.54, 1.807) is 6.08 Å². The number of ether oxygens (including phenoxy) is 1. The lowest BCUT2D eigenvalue weighted by Gasteiger charge is -2.18. The van der Waals surface area contributed by atoms with Gasteiger partial charge in [0.05, 0.1) is 13.5 Å². The quantitative estimate of drug-likeness (QED) is 0.579. The first-order chi connectivity index (χ1) is 5.56. The van der Waals surface area contributed by atoms with Crippen molar-refractivity contribution in [1.82, 2.24) is 0 Å². The average molecular weight is 168 g/mol. The predicted octanol–water partition coefficient (Wildman–Crippen LogP) is 1.08. The number of carbonyl (C=O) groups excluding carboxylic acids is 2. The molecule has 0 spiro atoms. The number of ketones is 1. The van der Waals surface area contributed by atoms with Gasteiger partial charge >= 0.3 is 5.97 Å². The van der Waals surface area contributed by atoms with Crippen LogP contribution in [0.15, 0.2) is 12.2 Å². The molecule has 1 rings (SSSR count). The molecule has 0 aliphatic heterocycles. The summed E-state index contributed by atoms with van der Waals surface area (Å²) in [7, 11) is 1.35. The summed E-state index contributed by atoms with van der Waals surface area (Å²) in [5.41, 5.74) is -0.315. The molecule has 3 heteroatoms. The Morgan fingerprint density at radius 1 is 1.75 bits per heavy atom. The summed E-state index contributed by atoms with van der Waals surface area (Å²) in [5.74, 6) is -0.182. The maximum Gasteiger partial charge on any atom is 0.306 e. The van der Waals surface area contributed by atoms with Crippen molar-refractivity contribution < 1.29 is 14.3 Å². The topological polar surface area (TPSA) is 43.4 Å². The number of methoxy groups -OCH3 is 1. The van der Waals surface area contributed by atoms with Gasteiger partial charge in [0.2, 0.25) is 0 Å². The van der Waals surface area contributed by atoms with E-state index < -0.39 is 0 Å². The minimum atomic E-state index is -0.315. The molecule has 0 N–H and O–H groups in total. The molecule has 0 radical (unpaired) electrons. The number of hydrogen-bond donors (Lipinski definition) is 0. The molecule has 0 amide bonds. The van der Waals surface area contributed by atoms with Crippen molar-refractivity contribution in [2.24, 2.45) is 5.41 Å². The lowest BCUT2D eigenvalue weighted by atomic mass is 9.86. The number of esters is 1. The van der Waals surface area contributed by atoms with E-state index in [0.29, 0.717) is 6.42 Å². The lowest BCUT2D eigenvalue weighted by molar-refractivity contribution is -0.142. The summed E-state index contributed by atoms with van der Waals surface area (Å²) in [4.78, 5) is 21.8. The third kappa shape index (κ3) is 1.94. The van der Waals surface area contributed by atoms with E-state index in [-0.39, 0.29) is 23.6 Å². The highest BCUT2D eigenvalue weighted by molar-refractivity contribution is 5.93. The normalized spacial score (nSPS) is 27.7. The van der Waals surface area contributed by atoms with Crippen molar-refractivity contribution in [3.05, 3.63) is 12.2 Å². The van der Waals surface area contributed by atoms with Crippen LogP contribution in [-0.4, -0.2) is 18.9 Å². The summed E-state index contributed by atoms with van der Waals surface area (Å²) in [6, 6.07) is 0. The largest absolute Gasteiger partial charge is 0.469 e. The van der Waals surface area contributed by atoms with Crippen molar-refractivity contribution in [2.45, 2.75) is 19.8 Å². The van der Waals surface area contributed by atoms with Gasteiger partial charge in [-0.2, -0.15) is 0 Å². The fraction of sp³-hybridized carbons (Fsp3) is 0.556. The van der Waals surface area contributed by atoms with Crippen molar-refractivity contribution in [1.29, 1.82) is 0 Å². The van der Waals surface area contributed by atoms with Gasteiger partial charge in [-0.3, -0.25) is 9.59 Å². The summed E-state index contributed by atoms with van der Waals surface area (Å²) >= 11 is 0. The maximum absolute atomic E-state index is 10.9. The molecule has 12 heavy (non-hydrogen) atoms. The first kappa shape index (κ1) is 8.97. The number of rotatable bonds is 2. The molecular weight excluding hydrogens is 156 g/mol. The van der Waals surface area contributed by atoms with Gasteiger partial charge in [0, 0.05) is 11.8 Å². The number of carbonyl (C=O) groups is 2. The molecule has 1 unspecified atom stereocenters. The second-order valence-electron chi connectivity index (χ2n) is 3.38. The molecular formula is C9H12O3. The third-order valence-corrected chi connectivity index (χ3v) is 2.03. The zero-order valence-electron chi connectivity index (χ0n) is 7.29. The average Bonchev–Trinajstić information content (AvgIpc) is 2.30. The number of hydrogen-bond acceptors (Lipinski definition) is 3. The van der Waals surface area contributed by atoms with Crippen molar-refractivity contribution >= 4 is 11.8 Å². The van der Waals surface area contributed by atoms with Gasteiger partial charge in [-0.25, -0.2) is 0 Å². The molecule has 1 atom stereocenters. The van der Waals surface area contributed by atoms with E-state index >= 15 is 0 Å². The van der Waals surface area contributed by atoms with Crippen molar-refractivity contribution in [3.8, 4) is 0 Å². The van der Waals surface area contributed by atoms with E-state index in [2.05, 4.69) is 4.74 Å². The van der Waals surface area contributed by atoms with Gasteiger partial charge in [0.15, 0.2) is 5.78 Å². The van der Waals surface area contributed by atoms with Crippen LogP contribution in [0.5, 0.6) is 0 Å². The van der Waals surface area contributed by atoms with E-state index in [0.717, 1.165) is 0 Å². The Hall–Kier alpha value is -1.12. The first-order valence-corrected chi connectivity index (χ1v) is 3.85. The molecule has 0 aromatic rings. The van der Waals surface area contributed by atoms with Crippen LogP contribution in [0.2, 0.25) is 0 Å². The second-order valence-corrected chi connectivity index (χ2v) is 3.38. The fourth-order valence-corrected chi connectivity index (χ4v) is 1.33. The molecule has 66 valence electrons. The zero-order chi connectivity index (χ0) is 9.19. The van der Waals surface area contributed by atoms with Crippen LogP contribution in [0, 0.1) is 5.41 Å². The molecule has 0 aromatic heterocycles. The summed E-state index contributed by atoms with van der Waals surface area (Å²) in [6.45, 7) is 1.88. The Balaban J connectivity index is 2.57. The van der Waals surface area contributed by atoms with E-state index in [9.17, 15) is 9.59 Å². The standard InChI is InChI=1S/C9H12O3/c1-9(6-8(11)12-2)4-3-7(10)5-9/h3-4H,5-6H2,1-2H3. The molecule has 0 aromatic carbocycles. The Morgan fingerprint density at radius 3 is 2.83 bits per heavy atom. The molecule has 0 saturated heterocycles. The summed E-state index contributed by atoms with van der Waals surface area (Å²) in [6.07, 6.45) is 4.02. The smallest absolute Gasteiger partial charge is 0.306 e. The third-order valence-electron chi connectivity index (χ3n) is 2.03. The van der Waals surface area contributed by atoms with Gasteiger partial charge in [-0.1, -0.05) is 13.0 Å². The molecule has 1 aliphatic rings. The van der Waals surface area contributed by atoms with Gasteiger partial charge < -0.3 is 4.74 Å². The van der Waals surface area contributed by atoms with Crippen LogP contribution in [-0.2, 0) is 14.3 Å². The fourth-order valence-electron chi connectivity index (χ4n) is 1.33. The minimum Gasteiger partial charge on any atom is -0.469 e. The Kier molecular flexibility index (Phi) is 2.31. The van der Waals surface area contributed by atoms with E-state index in [1.165, 1.54) is 13.2 Å². The molecule has 1 aliphatic carbocycles. The lowest BCUT2D eigenvalue weighted by Crippen LogP contribution is -2.18. The van der Waals surface area contributed by atoms with Crippen LogP contribution >= 0.6 is 0 Å². The molecule has 0 fully saturated rings. The summed E-state index contributed by atoms with van der Waals surface area (Å²) < 4.78 is 4.53. The van der Waals surface area contributed by atoms with Gasteiger partial charge in [0.1, 0.15) is 0 Å². The van der Waals surface area contributed by atoms with Crippen LogP contribution < -0.4 is 0 Å². The monoisotopic (exact) mass is 168 g/mol. The second kappa shape index (κ2) is 3.09. The molecule has 0 heterocycles. The maximum atomic E-state index is 10.9. The highest BCUT2D eigenvalue weighted by Crippen LogP contribution is 2.33. The molecule has 0 saturated carbocycles. The predicted molar refractivity (Wildman–Crippen MR) is 43.5 cm³/mol.